The summed E-state index contributed by atoms with van der Waals surface area (Å²) in [6.45, 7) is 2.87. The number of hydrogen-bond acceptors (Lipinski definition) is 4. The van der Waals surface area contributed by atoms with Crippen molar-refractivity contribution in [3.8, 4) is 0 Å². The second kappa shape index (κ2) is 7.33. The largest absolute Gasteiger partial charge is 0.422 e. The molecule has 148 valence electrons. The second-order valence-corrected chi connectivity index (χ2v) is 7.90. The third kappa shape index (κ3) is 3.98. The minimum absolute atomic E-state index is 0.0509. The normalized spacial score (nSPS) is 17.8. The number of ether oxygens (including phenoxy) is 2. The molecule has 0 amide bonds. The standard InChI is InChI=1S/C20H16Cl2F2O4/c1-19(2)27-17(25)20(18(26)28-19,9-11-3-5-13(23)7-15(11)21)10-12-4-6-14(24)8-16(12)22/h3-8H,9-10H2,1-2H3. The molecule has 0 bridgehead atoms. The molecule has 1 aliphatic heterocycles. The van der Waals surface area contributed by atoms with E-state index in [-0.39, 0.29) is 22.9 Å². The zero-order valence-electron chi connectivity index (χ0n) is 15.0. The van der Waals surface area contributed by atoms with E-state index in [1.54, 1.807) is 0 Å². The minimum atomic E-state index is -1.81. The van der Waals surface area contributed by atoms with E-state index in [2.05, 4.69) is 0 Å². The molecule has 0 N–H and O–H groups in total. The molecule has 0 atom stereocenters. The summed E-state index contributed by atoms with van der Waals surface area (Å²) in [5.41, 5.74) is -1.09. The van der Waals surface area contributed by atoms with Gasteiger partial charge >= 0.3 is 11.9 Å². The lowest BCUT2D eigenvalue weighted by molar-refractivity contribution is -0.251. The predicted molar refractivity (Wildman–Crippen MR) is 98.9 cm³/mol. The summed E-state index contributed by atoms with van der Waals surface area (Å²) in [5, 5.41) is 0.102. The van der Waals surface area contributed by atoms with Gasteiger partial charge < -0.3 is 9.47 Å². The quantitative estimate of drug-likeness (QED) is 0.514. The highest BCUT2D eigenvalue weighted by molar-refractivity contribution is 6.31. The second-order valence-electron chi connectivity index (χ2n) is 7.09. The third-order valence-electron chi connectivity index (χ3n) is 4.47. The lowest BCUT2D eigenvalue weighted by Gasteiger charge is -2.40. The van der Waals surface area contributed by atoms with Gasteiger partial charge in [0.2, 0.25) is 0 Å². The number of halogens is 4. The molecule has 8 heteroatoms. The van der Waals surface area contributed by atoms with Crippen LogP contribution in [0, 0.1) is 17.0 Å². The van der Waals surface area contributed by atoms with Gasteiger partial charge in [0.05, 0.1) is 0 Å². The Morgan fingerprint density at radius 3 is 1.57 bits per heavy atom. The Hall–Kier alpha value is -2.18. The van der Waals surface area contributed by atoms with E-state index in [4.69, 9.17) is 32.7 Å². The zero-order chi connectivity index (χ0) is 20.7. The molecule has 4 nitrogen and oxygen atoms in total. The van der Waals surface area contributed by atoms with Crippen LogP contribution in [0.1, 0.15) is 25.0 Å². The molecule has 2 aromatic carbocycles. The molecule has 28 heavy (non-hydrogen) atoms. The third-order valence-corrected chi connectivity index (χ3v) is 5.18. The number of benzene rings is 2. The highest BCUT2D eigenvalue weighted by Gasteiger charge is 2.56. The number of esters is 2. The fourth-order valence-corrected chi connectivity index (χ4v) is 3.55. The number of rotatable bonds is 4. The Kier molecular flexibility index (Phi) is 5.38. The van der Waals surface area contributed by atoms with Crippen molar-refractivity contribution >= 4 is 35.1 Å². The maximum Gasteiger partial charge on any atom is 0.327 e. The molecule has 2 aromatic rings. The summed E-state index contributed by atoms with van der Waals surface area (Å²) in [6.07, 6.45) is -0.402. The summed E-state index contributed by atoms with van der Waals surface area (Å²) in [6, 6.07) is 7.27. The van der Waals surface area contributed by atoms with Crippen molar-refractivity contribution in [3.63, 3.8) is 0 Å². The Morgan fingerprint density at radius 1 is 0.821 bits per heavy atom. The first-order chi connectivity index (χ1) is 13.0. The highest BCUT2D eigenvalue weighted by atomic mass is 35.5. The SMILES string of the molecule is CC1(C)OC(=O)C(Cc2ccc(F)cc2Cl)(Cc2ccc(F)cc2Cl)C(=O)O1. The monoisotopic (exact) mass is 428 g/mol. The Bertz CT molecular complexity index is 884. The average Bonchev–Trinajstić information content (AvgIpc) is 2.56. The van der Waals surface area contributed by atoms with E-state index in [0.29, 0.717) is 11.1 Å². The molecule has 1 aliphatic rings. The fraction of sp³-hybridized carbons (Fsp3) is 0.300. The topological polar surface area (TPSA) is 52.6 Å². The molecule has 1 saturated heterocycles. The van der Waals surface area contributed by atoms with E-state index in [0.717, 1.165) is 12.1 Å². The van der Waals surface area contributed by atoms with E-state index in [9.17, 15) is 18.4 Å². The Balaban J connectivity index is 2.08. The van der Waals surface area contributed by atoms with E-state index in [1.807, 2.05) is 0 Å². The summed E-state index contributed by atoms with van der Waals surface area (Å²) in [4.78, 5) is 25.9. The van der Waals surface area contributed by atoms with Gasteiger partial charge in [0, 0.05) is 36.7 Å². The number of cyclic esters (lactones) is 2. The zero-order valence-corrected chi connectivity index (χ0v) is 16.5. The van der Waals surface area contributed by atoms with Crippen molar-refractivity contribution < 1.29 is 27.8 Å². The van der Waals surface area contributed by atoms with E-state index in [1.165, 1.54) is 38.1 Å². The molecule has 0 unspecified atom stereocenters. The van der Waals surface area contributed by atoms with Crippen LogP contribution in [0.25, 0.3) is 0 Å². The maximum absolute atomic E-state index is 13.4. The molecule has 3 rings (SSSR count). The molecule has 0 radical (unpaired) electrons. The summed E-state index contributed by atoms with van der Waals surface area (Å²) in [5.74, 6) is -4.20. The first kappa shape index (κ1) is 20.6. The molecule has 1 fully saturated rings. The Morgan fingerprint density at radius 2 is 1.21 bits per heavy atom. The summed E-state index contributed by atoms with van der Waals surface area (Å²) in [7, 11) is 0. The number of carbonyl (C=O) groups excluding carboxylic acids is 2. The summed E-state index contributed by atoms with van der Waals surface area (Å²) < 4.78 is 37.4. The number of hydrogen-bond donors (Lipinski definition) is 0. The smallest absolute Gasteiger partial charge is 0.327 e. The highest BCUT2D eigenvalue weighted by Crippen LogP contribution is 2.40. The molecule has 0 aliphatic carbocycles. The van der Waals surface area contributed by atoms with Crippen LogP contribution >= 0.6 is 23.2 Å². The predicted octanol–water partition coefficient (Wildman–Crippen LogP) is 4.88. The van der Waals surface area contributed by atoms with Gasteiger partial charge in [0.15, 0.2) is 5.41 Å². The van der Waals surface area contributed by atoms with Gasteiger partial charge in [0.1, 0.15) is 11.6 Å². The van der Waals surface area contributed by atoms with Gasteiger partial charge in [-0.25, -0.2) is 8.78 Å². The molecular formula is C20H16Cl2F2O4. The first-order valence-electron chi connectivity index (χ1n) is 8.37. The van der Waals surface area contributed by atoms with Crippen LogP contribution in [0.2, 0.25) is 10.0 Å². The van der Waals surface area contributed by atoms with Crippen molar-refractivity contribution in [2.45, 2.75) is 32.5 Å². The van der Waals surface area contributed by atoms with Crippen LogP contribution in [-0.4, -0.2) is 17.7 Å². The van der Waals surface area contributed by atoms with Gasteiger partial charge in [-0.05, 0) is 35.4 Å². The number of carbonyl (C=O) groups is 2. The molecule has 1 heterocycles. The summed E-state index contributed by atoms with van der Waals surface area (Å²) >= 11 is 12.2. The van der Waals surface area contributed by atoms with Gasteiger partial charge in [0.25, 0.3) is 5.79 Å². The average molecular weight is 429 g/mol. The van der Waals surface area contributed by atoms with Crippen molar-refractivity contribution in [3.05, 3.63) is 69.2 Å². The molecular weight excluding hydrogens is 413 g/mol. The van der Waals surface area contributed by atoms with Crippen LogP contribution in [0.5, 0.6) is 0 Å². The van der Waals surface area contributed by atoms with Gasteiger partial charge in [-0.15, -0.1) is 0 Å². The van der Waals surface area contributed by atoms with Crippen molar-refractivity contribution in [1.82, 2.24) is 0 Å². The first-order valence-corrected chi connectivity index (χ1v) is 9.13. The van der Waals surface area contributed by atoms with Crippen LogP contribution in [0.4, 0.5) is 8.78 Å². The maximum atomic E-state index is 13.4. The molecule has 0 saturated carbocycles. The van der Waals surface area contributed by atoms with Crippen molar-refractivity contribution in [2.75, 3.05) is 0 Å². The van der Waals surface area contributed by atoms with Gasteiger partial charge in [-0.2, -0.15) is 0 Å². The van der Waals surface area contributed by atoms with E-state index < -0.39 is 34.8 Å². The van der Waals surface area contributed by atoms with Gasteiger partial charge in [-0.1, -0.05) is 35.3 Å². The fourth-order valence-electron chi connectivity index (χ4n) is 3.08. The van der Waals surface area contributed by atoms with Crippen molar-refractivity contribution in [1.29, 1.82) is 0 Å². The van der Waals surface area contributed by atoms with Crippen LogP contribution in [0.3, 0.4) is 0 Å². The van der Waals surface area contributed by atoms with Crippen LogP contribution in [-0.2, 0) is 31.9 Å². The molecule has 0 spiro atoms. The van der Waals surface area contributed by atoms with Crippen LogP contribution in [0.15, 0.2) is 36.4 Å². The minimum Gasteiger partial charge on any atom is -0.422 e. The van der Waals surface area contributed by atoms with Gasteiger partial charge in [-0.3, -0.25) is 9.59 Å². The van der Waals surface area contributed by atoms with Crippen LogP contribution < -0.4 is 0 Å². The molecule has 0 aromatic heterocycles. The Labute approximate surface area is 170 Å². The lowest BCUT2D eigenvalue weighted by Crippen LogP contribution is -2.56. The van der Waals surface area contributed by atoms with Crippen molar-refractivity contribution in [2.24, 2.45) is 5.41 Å². The lowest BCUT2D eigenvalue weighted by atomic mass is 9.75. The van der Waals surface area contributed by atoms with E-state index >= 15 is 0 Å².